The van der Waals surface area contributed by atoms with Gasteiger partial charge in [0.2, 0.25) is 0 Å². The molecule has 1 aromatic heterocycles. The Bertz CT molecular complexity index is 2520. The largest absolute Gasteiger partial charge is 0.504 e. The molecule has 4 aromatic rings. The zero-order valence-corrected chi connectivity index (χ0v) is 43.5. The number of rotatable bonds is 23. The first-order chi connectivity index (χ1) is 35.6. The molecular weight excluding hydrogens is 907 g/mol. The Labute approximate surface area is 435 Å². The second kappa shape index (κ2) is 25.4. The third kappa shape index (κ3) is 14.2. The average molecular weight is 990 g/mol. The number of phenolic OH excluding ortho intramolecular Hbond substituents is 1. The number of piperidine rings is 1. The number of phenols is 1. The molecule has 2 aliphatic heterocycles. The van der Waals surface area contributed by atoms with E-state index in [0.717, 1.165) is 113 Å². The number of hydrogen-bond donors (Lipinski definition) is 6. The number of nitrogen functional groups attached to an aromatic ring is 1. The number of carbonyl (C=O) groups is 2. The second-order valence-electron chi connectivity index (χ2n) is 22.8. The topological polar surface area (TPSA) is 159 Å². The van der Waals surface area contributed by atoms with Gasteiger partial charge in [0.1, 0.15) is 11.6 Å². The fraction of sp³-hybridized carbons (Fsp3) is 0.540. The smallest absolute Gasteiger partial charge is 0.163 e. The molecule has 0 radical (unpaired) electrons. The van der Waals surface area contributed by atoms with Crippen LogP contribution < -0.4 is 26.4 Å². The van der Waals surface area contributed by atoms with E-state index in [-0.39, 0.29) is 35.3 Å². The minimum absolute atomic E-state index is 0.0123. The highest BCUT2D eigenvalue weighted by Gasteiger charge is 2.49. The molecule has 390 valence electrons. The van der Waals surface area contributed by atoms with Crippen molar-refractivity contribution in [3.8, 4) is 11.5 Å². The van der Waals surface area contributed by atoms with Crippen molar-refractivity contribution in [2.75, 3.05) is 39.0 Å². The van der Waals surface area contributed by atoms with E-state index in [1.807, 2.05) is 12.3 Å². The van der Waals surface area contributed by atoms with Crippen molar-refractivity contribution in [2.45, 2.75) is 147 Å². The van der Waals surface area contributed by atoms with E-state index in [1.54, 1.807) is 18.2 Å². The molecule has 4 fully saturated rings. The van der Waals surface area contributed by atoms with Crippen molar-refractivity contribution in [3.05, 3.63) is 136 Å². The van der Waals surface area contributed by atoms with Crippen molar-refractivity contribution < 1.29 is 24.5 Å². The summed E-state index contributed by atoms with van der Waals surface area (Å²) in [6.07, 6.45) is 28.6. The number of fused-ring (bicyclic) bond motifs is 2. The molecule has 8 atom stereocenters. The Morgan fingerprint density at radius 2 is 1.73 bits per heavy atom. The number of methoxy groups -OCH3 is 1. The van der Waals surface area contributed by atoms with Gasteiger partial charge in [0, 0.05) is 37.8 Å². The maximum atomic E-state index is 13.7. The van der Waals surface area contributed by atoms with Gasteiger partial charge in [0.25, 0.3) is 0 Å². The van der Waals surface area contributed by atoms with Crippen LogP contribution in [0.1, 0.15) is 135 Å². The summed E-state index contributed by atoms with van der Waals surface area (Å²) < 4.78 is 5.52. The zero-order chi connectivity index (χ0) is 50.6. The van der Waals surface area contributed by atoms with Gasteiger partial charge >= 0.3 is 0 Å². The maximum absolute atomic E-state index is 13.7. The highest BCUT2D eigenvalue weighted by atomic mass is 16.5. The van der Waals surface area contributed by atoms with E-state index < -0.39 is 0 Å². The molecule has 5 aliphatic rings. The number of ketones is 2. The molecule has 3 aromatic carbocycles. The zero-order valence-electron chi connectivity index (χ0n) is 43.5. The summed E-state index contributed by atoms with van der Waals surface area (Å²) in [4.78, 5) is 31.8. The molecule has 0 spiro atoms. The van der Waals surface area contributed by atoms with Gasteiger partial charge in [-0.3, -0.25) is 9.59 Å². The van der Waals surface area contributed by atoms with Crippen LogP contribution in [0.2, 0.25) is 0 Å². The monoisotopic (exact) mass is 990 g/mol. The van der Waals surface area contributed by atoms with Crippen LogP contribution in [0, 0.1) is 35.0 Å². The first-order valence-corrected chi connectivity index (χ1v) is 28.1. The van der Waals surface area contributed by atoms with Crippen LogP contribution in [-0.2, 0) is 41.7 Å². The number of aryl methyl sites for hydroxylation is 4. The van der Waals surface area contributed by atoms with Gasteiger partial charge in [-0.25, -0.2) is 4.98 Å². The Morgan fingerprint density at radius 1 is 0.932 bits per heavy atom. The number of nitrogens with zero attached hydrogens (tertiary/aromatic N) is 1. The van der Waals surface area contributed by atoms with E-state index >= 15 is 0 Å². The number of aromatic hydroxyl groups is 1. The van der Waals surface area contributed by atoms with E-state index in [1.165, 1.54) is 68.4 Å². The minimum atomic E-state index is -0.288. The number of pyridine rings is 1. The van der Waals surface area contributed by atoms with Crippen molar-refractivity contribution in [1.29, 1.82) is 0 Å². The Balaban J connectivity index is 0.832. The number of ether oxygens (including phenoxy) is 1. The Hall–Kier alpha value is -5.13. The molecule has 3 aliphatic carbocycles. The lowest BCUT2D eigenvalue weighted by Crippen LogP contribution is -2.56. The number of hydrogen-bond acceptors (Lipinski definition) is 10. The van der Waals surface area contributed by atoms with Gasteiger partial charge in [0.05, 0.1) is 19.6 Å². The quantitative estimate of drug-likeness (QED) is 0.0240. The maximum Gasteiger partial charge on any atom is 0.163 e. The van der Waals surface area contributed by atoms with Crippen molar-refractivity contribution in [2.24, 2.45) is 35.0 Å². The highest BCUT2D eigenvalue weighted by Crippen LogP contribution is 2.53. The summed E-state index contributed by atoms with van der Waals surface area (Å²) in [6.45, 7) is 3.81. The Morgan fingerprint density at radius 3 is 2.55 bits per heavy atom. The molecular formula is C63H83N5O5. The first kappa shape index (κ1) is 52.7. The number of aromatic nitrogens is 1. The van der Waals surface area contributed by atoms with Crippen LogP contribution in [-0.4, -0.2) is 78.2 Å². The molecule has 3 saturated carbocycles. The van der Waals surface area contributed by atoms with Crippen LogP contribution >= 0.6 is 0 Å². The predicted octanol–water partition coefficient (Wildman–Crippen LogP) is 10.1. The van der Waals surface area contributed by atoms with E-state index in [0.29, 0.717) is 72.6 Å². The van der Waals surface area contributed by atoms with Crippen LogP contribution in [0.4, 0.5) is 5.82 Å². The van der Waals surface area contributed by atoms with Gasteiger partial charge in [-0.05, 0) is 208 Å². The normalized spacial score (nSPS) is 25.6. The van der Waals surface area contributed by atoms with Crippen molar-refractivity contribution in [1.82, 2.24) is 20.9 Å². The molecule has 9 rings (SSSR count). The third-order valence-corrected chi connectivity index (χ3v) is 17.9. The average Bonchev–Trinajstić information content (AvgIpc) is 3.82. The number of aliphatic hydroxyl groups excluding tert-OH is 1. The fourth-order valence-corrected chi connectivity index (χ4v) is 14.0. The van der Waals surface area contributed by atoms with Crippen LogP contribution in [0.3, 0.4) is 0 Å². The summed E-state index contributed by atoms with van der Waals surface area (Å²) >= 11 is 0. The molecule has 1 saturated heterocycles. The lowest BCUT2D eigenvalue weighted by molar-refractivity contribution is -0.124. The minimum Gasteiger partial charge on any atom is -0.504 e. The third-order valence-electron chi connectivity index (χ3n) is 17.9. The van der Waals surface area contributed by atoms with Crippen LogP contribution in [0.15, 0.2) is 97.2 Å². The van der Waals surface area contributed by atoms with Crippen LogP contribution in [0.5, 0.6) is 11.5 Å². The number of nitrogens with two attached hydrogens (primary N) is 1. The van der Waals surface area contributed by atoms with Crippen molar-refractivity contribution in [3.63, 3.8) is 0 Å². The number of Topliss-reactive ketones (excluding diaryl/α,β-unsaturated/α-hetero) is 1. The second-order valence-corrected chi connectivity index (χ2v) is 22.8. The SMILES string of the molecule is COc1cc(C=CC(=O)CC(=O)CCCC2(CC3C4CCNCC4CC4C=CCNC43)CCC(NCC(O)C3CCCCC3)C2)c(Cc2cnc(N)cc2CCc2cccc(CCc3ccccc3)c2)cc1O. The van der Waals surface area contributed by atoms with Gasteiger partial charge < -0.3 is 36.6 Å². The number of benzene rings is 3. The molecule has 7 N–H and O–H groups in total. The summed E-state index contributed by atoms with van der Waals surface area (Å²) in [5.41, 5.74) is 13.9. The molecule has 8 unspecified atom stereocenters. The number of aliphatic hydroxyl groups is 1. The summed E-state index contributed by atoms with van der Waals surface area (Å²) in [7, 11) is 1.51. The molecule has 10 nitrogen and oxygen atoms in total. The standard InChI is InChI=1S/C63H83N5O5/c1-73-60-35-47(50(34-58(60)71)33-51-41-68-61(64)36-48(51)22-21-45-14-8-13-44(31-45)20-19-43-11-4-2-5-12-43)23-24-55(70)37-54(69)18-9-27-63(28-25-53(38-63)67-42-59(72)46-15-6-3-7-16-46)39-57-56-26-30-65-40-52(56)32-49-17-10-29-66-62(49)57/h2,4-5,8,10-14,17,23-24,31,34-36,41,46,49,52-53,56-57,59,62,65-67,71-72H,3,6-7,9,15-16,18-22,25-30,32-33,37-40,42H2,1H3,(H2,64,68). The molecule has 0 amide bonds. The number of carbonyl (C=O) groups excluding carboxylic acids is 2. The molecule has 73 heavy (non-hydrogen) atoms. The lowest BCUT2D eigenvalue weighted by Gasteiger charge is -2.52. The molecule has 0 bridgehead atoms. The van der Waals surface area contributed by atoms with Gasteiger partial charge in [-0.2, -0.15) is 0 Å². The lowest BCUT2D eigenvalue weighted by atomic mass is 9.57. The van der Waals surface area contributed by atoms with Crippen LogP contribution in [0.25, 0.3) is 6.08 Å². The van der Waals surface area contributed by atoms with Gasteiger partial charge in [-0.1, -0.05) is 92.1 Å². The van der Waals surface area contributed by atoms with E-state index in [2.05, 4.69) is 87.7 Å². The Kier molecular flexibility index (Phi) is 18.3. The fourth-order valence-electron chi connectivity index (χ4n) is 14.0. The summed E-state index contributed by atoms with van der Waals surface area (Å²) in [5.74, 6) is 3.49. The highest BCUT2D eigenvalue weighted by molar-refractivity contribution is 6.06. The molecule has 10 heteroatoms. The first-order valence-electron chi connectivity index (χ1n) is 28.1. The predicted molar refractivity (Wildman–Crippen MR) is 294 cm³/mol. The molecule has 3 heterocycles. The summed E-state index contributed by atoms with van der Waals surface area (Å²) in [6, 6.07) is 25.6. The van der Waals surface area contributed by atoms with Gasteiger partial charge in [-0.15, -0.1) is 0 Å². The van der Waals surface area contributed by atoms with E-state index in [4.69, 9.17) is 10.5 Å². The van der Waals surface area contributed by atoms with E-state index in [9.17, 15) is 19.8 Å². The van der Waals surface area contributed by atoms with Crippen molar-refractivity contribution >= 4 is 23.5 Å². The number of nitrogens with one attached hydrogen (secondary N) is 3. The number of anilines is 1. The number of allylic oxidation sites excluding steroid dienone is 1. The summed E-state index contributed by atoms with van der Waals surface area (Å²) in [5, 5.41) is 33.7. The van der Waals surface area contributed by atoms with Gasteiger partial charge in [0.15, 0.2) is 17.3 Å².